The molecule has 114 valence electrons. The Morgan fingerprint density at radius 3 is 2.67 bits per heavy atom. The lowest BCUT2D eigenvalue weighted by molar-refractivity contribution is -0.147. The summed E-state index contributed by atoms with van der Waals surface area (Å²) in [6.07, 6.45) is 2.43. The highest BCUT2D eigenvalue weighted by molar-refractivity contribution is 7.80. The van der Waals surface area contributed by atoms with Crippen molar-refractivity contribution in [1.29, 1.82) is 0 Å². The number of aryl methyl sites for hydroxylation is 1. The average Bonchev–Trinajstić information content (AvgIpc) is 2.50. The standard InChI is InChI=1S/C16H21NO3S/c1-11(10-21)16(20)17(9-15(18)19)14-7-6-12-4-2-3-5-13(12)8-14/h2-5,11,14,21H,6-10H2,1H3,(H,18,19). The quantitative estimate of drug-likeness (QED) is 0.818. The van der Waals surface area contributed by atoms with Gasteiger partial charge in [-0.2, -0.15) is 12.6 Å². The Balaban J connectivity index is 2.18. The predicted octanol–water partition coefficient (Wildman–Crippen LogP) is 2.02. The highest BCUT2D eigenvalue weighted by atomic mass is 32.1. The molecule has 5 heteroatoms. The van der Waals surface area contributed by atoms with E-state index in [-0.39, 0.29) is 24.4 Å². The molecule has 0 aromatic heterocycles. The van der Waals surface area contributed by atoms with Crippen molar-refractivity contribution in [3.63, 3.8) is 0 Å². The van der Waals surface area contributed by atoms with Crippen LogP contribution in [0.3, 0.4) is 0 Å². The van der Waals surface area contributed by atoms with Crippen molar-refractivity contribution in [3.8, 4) is 0 Å². The molecule has 0 fully saturated rings. The first-order valence-electron chi connectivity index (χ1n) is 7.22. The molecule has 1 aliphatic carbocycles. The zero-order chi connectivity index (χ0) is 15.4. The molecule has 2 atom stereocenters. The fourth-order valence-electron chi connectivity index (χ4n) is 2.84. The van der Waals surface area contributed by atoms with Crippen molar-refractivity contribution >= 4 is 24.5 Å². The van der Waals surface area contributed by atoms with Crippen molar-refractivity contribution in [3.05, 3.63) is 35.4 Å². The summed E-state index contributed by atoms with van der Waals surface area (Å²) in [6, 6.07) is 8.13. The number of thiol groups is 1. The molecule has 0 bridgehead atoms. The van der Waals surface area contributed by atoms with Gasteiger partial charge in [0.25, 0.3) is 0 Å². The molecule has 0 spiro atoms. The monoisotopic (exact) mass is 307 g/mol. The van der Waals surface area contributed by atoms with Crippen molar-refractivity contribution < 1.29 is 14.7 Å². The lowest BCUT2D eigenvalue weighted by Gasteiger charge is -2.35. The van der Waals surface area contributed by atoms with Crippen molar-refractivity contribution in [2.75, 3.05) is 12.3 Å². The summed E-state index contributed by atoms with van der Waals surface area (Å²) in [7, 11) is 0. The van der Waals surface area contributed by atoms with Gasteiger partial charge in [-0.25, -0.2) is 0 Å². The van der Waals surface area contributed by atoms with Gasteiger partial charge in [-0.15, -0.1) is 0 Å². The molecule has 4 nitrogen and oxygen atoms in total. The van der Waals surface area contributed by atoms with E-state index in [1.165, 1.54) is 16.0 Å². The van der Waals surface area contributed by atoms with Gasteiger partial charge >= 0.3 is 5.97 Å². The van der Waals surface area contributed by atoms with Crippen LogP contribution in [0.4, 0.5) is 0 Å². The highest BCUT2D eigenvalue weighted by Crippen LogP contribution is 2.25. The van der Waals surface area contributed by atoms with Gasteiger partial charge < -0.3 is 10.0 Å². The number of benzene rings is 1. The van der Waals surface area contributed by atoms with E-state index in [0.717, 1.165) is 19.3 Å². The van der Waals surface area contributed by atoms with Crippen LogP contribution in [0.5, 0.6) is 0 Å². The maximum atomic E-state index is 12.4. The topological polar surface area (TPSA) is 57.6 Å². The summed E-state index contributed by atoms with van der Waals surface area (Å²) in [5.74, 6) is -0.909. The first-order chi connectivity index (χ1) is 10.0. The smallest absolute Gasteiger partial charge is 0.323 e. The third-order valence-electron chi connectivity index (χ3n) is 4.05. The second-order valence-corrected chi connectivity index (χ2v) is 5.97. The van der Waals surface area contributed by atoms with Crippen molar-refractivity contribution in [1.82, 2.24) is 4.90 Å². The van der Waals surface area contributed by atoms with E-state index in [1.807, 2.05) is 12.1 Å². The van der Waals surface area contributed by atoms with Crippen molar-refractivity contribution in [2.24, 2.45) is 5.92 Å². The minimum absolute atomic E-state index is 0.0363. The normalized spacial score (nSPS) is 18.7. The van der Waals surface area contributed by atoms with Crippen LogP contribution in [0.2, 0.25) is 0 Å². The third-order valence-corrected chi connectivity index (χ3v) is 4.59. The zero-order valence-corrected chi connectivity index (χ0v) is 13.1. The number of fused-ring (bicyclic) bond motifs is 1. The lowest BCUT2D eigenvalue weighted by Crippen LogP contribution is -2.48. The molecule has 0 radical (unpaired) electrons. The SMILES string of the molecule is CC(CS)C(=O)N(CC(=O)O)C1CCc2ccccc2C1. The molecule has 21 heavy (non-hydrogen) atoms. The van der Waals surface area contributed by atoms with E-state index in [2.05, 4.69) is 24.8 Å². The summed E-state index contributed by atoms with van der Waals surface area (Å²) in [6.45, 7) is 1.56. The fraction of sp³-hybridized carbons (Fsp3) is 0.500. The van der Waals surface area contributed by atoms with Gasteiger partial charge in [-0.1, -0.05) is 31.2 Å². The van der Waals surface area contributed by atoms with E-state index < -0.39 is 5.97 Å². The van der Waals surface area contributed by atoms with Crippen LogP contribution < -0.4 is 0 Å². The number of hydrogen-bond donors (Lipinski definition) is 2. The lowest BCUT2D eigenvalue weighted by atomic mass is 9.87. The van der Waals surface area contributed by atoms with Crippen LogP contribution in [0.1, 0.15) is 24.5 Å². The third kappa shape index (κ3) is 3.79. The van der Waals surface area contributed by atoms with E-state index in [4.69, 9.17) is 5.11 Å². The Bertz CT molecular complexity index is 532. The minimum atomic E-state index is -0.964. The summed E-state index contributed by atoms with van der Waals surface area (Å²) in [5, 5.41) is 9.10. The van der Waals surface area contributed by atoms with E-state index in [0.29, 0.717) is 5.75 Å². The molecule has 1 N–H and O–H groups in total. The molecule has 1 aromatic rings. The number of carboxylic acid groups (broad SMARTS) is 1. The molecule has 2 unspecified atom stereocenters. The Morgan fingerprint density at radius 2 is 2.05 bits per heavy atom. The summed E-state index contributed by atoms with van der Waals surface area (Å²) in [5.41, 5.74) is 2.52. The number of hydrogen-bond acceptors (Lipinski definition) is 3. The van der Waals surface area contributed by atoms with E-state index in [1.54, 1.807) is 6.92 Å². The van der Waals surface area contributed by atoms with Gasteiger partial charge in [0, 0.05) is 17.7 Å². The zero-order valence-electron chi connectivity index (χ0n) is 12.2. The molecular weight excluding hydrogens is 286 g/mol. The first kappa shape index (κ1) is 15.9. The maximum absolute atomic E-state index is 12.4. The largest absolute Gasteiger partial charge is 0.480 e. The number of nitrogens with zero attached hydrogens (tertiary/aromatic N) is 1. The van der Waals surface area contributed by atoms with Gasteiger partial charge in [-0.05, 0) is 30.4 Å². The molecule has 0 saturated carbocycles. The van der Waals surface area contributed by atoms with E-state index >= 15 is 0 Å². The minimum Gasteiger partial charge on any atom is -0.480 e. The summed E-state index contributed by atoms with van der Waals surface area (Å²) >= 11 is 4.15. The first-order valence-corrected chi connectivity index (χ1v) is 7.86. The van der Waals surface area contributed by atoms with Crippen LogP contribution in [-0.4, -0.2) is 40.2 Å². The second kappa shape index (κ2) is 6.98. The van der Waals surface area contributed by atoms with Crippen LogP contribution in [-0.2, 0) is 22.4 Å². The van der Waals surface area contributed by atoms with E-state index in [9.17, 15) is 9.59 Å². The molecule has 1 amide bonds. The number of carbonyl (C=O) groups excluding carboxylic acids is 1. The molecule has 0 heterocycles. The fourth-order valence-corrected chi connectivity index (χ4v) is 2.99. The van der Waals surface area contributed by atoms with Crippen LogP contribution >= 0.6 is 12.6 Å². The number of carbonyl (C=O) groups is 2. The van der Waals surface area contributed by atoms with Gasteiger partial charge in [0.2, 0.25) is 5.91 Å². The number of carboxylic acids is 1. The number of rotatable bonds is 5. The molecule has 0 aliphatic heterocycles. The molecule has 0 saturated heterocycles. The van der Waals surface area contributed by atoms with Crippen LogP contribution in [0, 0.1) is 5.92 Å². The van der Waals surface area contributed by atoms with Gasteiger partial charge in [0.15, 0.2) is 0 Å². The van der Waals surface area contributed by atoms with Gasteiger partial charge in [0.1, 0.15) is 6.54 Å². The molecular formula is C16H21NO3S. The maximum Gasteiger partial charge on any atom is 0.323 e. The molecule has 1 aromatic carbocycles. The Hall–Kier alpha value is -1.49. The predicted molar refractivity (Wildman–Crippen MR) is 84.6 cm³/mol. The Labute approximate surface area is 130 Å². The highest BCUT2D eigenvalue weighted by Gasteiger charge is 2.31. The number of aliphatic carboxylic acids is 1. The Kier molecular flexibility index (Phi) is 5.28. The summed E-state index contributed by atoms with van der Waals surface area (Å²) < 4.78 is 0. The molecule has 2 rings (SSSR count). The second-order valence-electron chi connectivity index (χ2n) is 5.61. The van der Waals surface area contributed by atoms with Gasteiger partial charge in [0.05, 0.1) is 0 Å². The molecule has 1 aliphatic rings. The Morgan fingerprint density at radius 1 is 1.38 bits per heavy atom. The average molecular weight is 307 g/mol. The van der Waals surface area contributed by atoms with Crippen molar-refractivity contribution in [2.45, 2.75) is 32.2 Å². The van der Waals surface area contributed by atoms with Gasteiger partial charge in [-0.3, -0.25) is 9.59 Å². The summed E-state index contributed by atoms with van der Waals surface area (Å²) in [4.78, 5) is 25.1. The van der Waals surface area contributed by atoms with Crippen LogP contribution in [0.25, 0.3) is 0 Å². The number of amides is 1. The van der Waals surface area contributed by atoms with Crippen LogP contribution in [0.15, 0.2) is 24.3 Å².